The van der Waals surface area contributed by atoms with Crippen molar-refractivity contribution in [2.24, 2.45) is 0 Å². The predicted octanol–water partition coefficient (Wildman–Crippen LogP) is 4.86. The van der Waals surface area contributed by atoms with Crippen LogP contribution in [0.25, 0.3) is 0 Å². The highest BCUT2D eigenvalue weighted by Crippen LogP contribution is 2.23. The first kappa shape index (κ1) is 19.0. The Morgan fingerprint density at radius 2 is 1.48 bits per heavy atom. The van der Waals surface area contributed by atoms with Crippen LogP contribution in [0.3, 0.4) is 0 Å². The molecule has 1 saturated heterocycles. The van der Waals surface area contributed by atoms with Crippen LogP contribution in [-0.4, -0.2) is 29.9 Å². The van der Waals surface area contributed by atoms with E-state index in [1.54, 1.807) is 6.07 Å². The number of amides is 3. The summed E-state index contributed by atoms with van der Waals surface area (Å²) in [6.45, 7) is 8.03. The number of carbonyl (C=O) groups excluding carboxylic acids is 2. The highest BCUT2D eigenvalue weighted by molar-refractivity contribution is 6.04. The molecule has 0 aromatic heterocycles. The Morgan fingerprint density at radius 3 is 2.07 bits per heavy atom. The smallest absolute Gasteiger partial charge is 0.321 e. The minimum Gasteiger partial charge on any atom is -0.325 e. The summed E-state index contributed by atoms with van der Waals surface area (Å²) in [5.74, 6) is -0.168. The Balaban J connectivity index is 1.65. The number of benzene rings is 2. The monoisotopic (exact) mass is 365 g/mol. The summed E-state index contributed by atoms with van der Waals surface area (Å²) >= 11 is 0. The van der Waals surface area contributed by atoms with Gasteiger partial charge in [-0.2, -0.15) is 0 Å². The van der Waals surface area contributed by atoms with Gasteiger partial charge in [0.1, 0.15) is 0 Å². The molecule has 0 aliphatic carbocycles. The number of nitrogens with one attached hydrogen (secondary N) is 2. The molecule has 0 unspecified atom stereocenters. The molecule has 0 radical (unpaired) electrons. The lowest BCUT2D eigenvalue weighted by Crippen LogP contribution is -2.32. The van der Waals surface area contributed by atoms with E-state index < -0.39 is 0 Å². The Kier molecular flexibility index (Phi) is 5.49. The van der Waals surface area contributed by atoms with Crippen LogP contribution < -0.4 is 10.6 Å². The summed E-state index contributed by atoms with van der Waals surface area (Å²) in [4.78, 5) is 26.5. The number of likely N-dealkylation sites (tertiary alicyclic amines) is 1. The van der Waals surface area contributed by atoms with Crippen LogP contribution in [0.1, 0.15) is 49.5 Å². The lowest BCUT2D eigenvalue weighted by Gasteiger charge is -2.19. The van der Waals surface area contributed by atoms with Crippen LogP contribution >= 0.6 is 0 Å². The third kappa shape index (κ3) is 4.88. The topological polar surface area (TPSA) is 61.4 Å². The van der Waals surface area contributed by atoms with Gasteiger partial charge in [0.25, 0.3) is 5.91 Å². The van der Waals surface area contributed by atoms with Gasteiger partial charge in [0.15, 0.2) is 0 Å². The van der Waals surface area contributed by atoms with Crippen molar-refractivity contribution in [3.8, 4) is 0 Å². The van der Waals surface area contributed by atoms with Crippen LogP contribution in [0.15, 0.2) is 48.5 Å². The van der Waals surface area contributed by atoms with Gasteiger partial charge in [-0.15, -0.1) is 0 Å². The van der Waals surface area contributed by atoms with E-state index in [1.165, 1.54) is 5.56 Å². The molecular formula is C22H27N3O2. The van der Waals surface area contributed by atoms with Crippen molar-refractivity contribution in [2.75, 3.05) is 23.7 Å². The fourth-order valence-corrected chi connectivity index (χ4v) is 3.12. The maximum absolute atomic E-state index is 12.5. The van der Waals surface area contributed by atoms with Crippen molar-refractivity contribution in [3.05, 3.63) is 59.7 Å². The molecule has 0 bridgehead atoms. The van der Waals surface area contributed by atoms with Crippen molar-refractivity contribution in [1.29, 1.82) is 0 Å². The molecular weight excluding hydrogens is 338 g/mol. The van der Waals surface area contributed by atoms with Crippen molar-refractivity contribution < 1.29 is 9.59 Å². The molecule has 2 N–H and O–H groups in total. The number of rotatable bonds is 3. The molecule has 1 aliphatic rings. The second-order valence-electron chi connectivity index (χ2n) is 7.99. The first-order valence-electron chi connectivity index (χ1n) is 9.41. The SMILES string of the molecule is CC(C)(C)c1ccc(C(=O)Nc2cccc(NC(=O)N3CCCC3)c2)cc1. The van der Waals surface area contributed by atoms with Crippen molar-refractivity contribution in [1.82, 2.24) is 4.90 Å². The molecule has 1 aliphatic heterocycles. The molecule has 1 heterocycles. The van der Waals surface area contributed by atoms with Crippen molar-refractivity contribution >= 4 is 23.3 Å². The standard InChI is InChI=1S/C22H27N3O2/c1-22(2,3)17-11-9-16(10-12-17)20(26)23-18-7-6-8-19(15-18)24-21(27)25-13-4-5-14-25/h6-12,15H,4-5,13-14H2,1-3H3,(H,23,26)(H,24,27). The average molecular weight is 365 g/mol. The maximum atomic E-state index is 12.5. The Morgan fingerprint density at radius 1 is 0.889 bits per heavy atom. The number of hydrogen-bond donors (Lipinski definition) is 2. The van der Waals surface area contributed by atoms with Crippen LogP contribution in [-0.2, 0) is 5.41 Å². The lowest BCUT2D eigenvalue weighted by atomic mass is 9.87. The predicted molar refractivity (Wildman–Crippen MR) is 109 cm³/mol. The van der Waals surface area contributed by atoms with Gasteiger partial charge in [0.2, 0.25) is 0 Å². The highest BCUT2D eigenvalue weighted by atomic mass is 16.2. The molecule has 5 heteroatoms. The Bertz CT molecular complexity index is 816. The first-order valence-corrected chi connectivity index (χ1v) is 9.41. The van der Waals surface area contributed by atoms with E-state index >= 15 is 0 Å². The van der Waals surface area contributed by atoms with E-state index in [0.29, 0.717) is 16.9 Å². The Labute approximate surface area is 160 Å². The van der Waals surface area contributed by atoms with Gasteiger partial charge in [-0.3, -0.25) is 4.79 Å². The number of hydrogen-bond acceptors (Lipinski definition) is 2. The highest BCUT2D eigenvalue weighted by Gasteiger charge is 2.18. The first-order chi connectivity index (χ1) is 12.8. The number of nitrogens with zero attached hydrogens (tertiary/aromatic N) is 1. The van der Waals surface area contributed by atoms with Crippen LogP contribution in [0.2, 0.25) is 0 Å². The zero-order valence-electron chi connectivity index (χ0n) is 16.2. The molecule has 27 heavy (non-hydrogen) atoms. The third-order valence-corrected chi connectivity index (χ3v) is 4.78. The number of anilines is 2. The summed E-state index contributed by atoms with van der Waals surface area (Å²) in [6.07, 6.45) is 2.11. The number of carbonyl (C=O) groups is 2. The molecule has 2 aromatic rings. The van der Waals surface area contributed by atoms with E-state index in [4.69, 9.17) is 0 Å². The minimum atomic E-state index is -0.168. The average Bonchev–Trinajstić information content (AvgIpc) is 3.16. The second-order valence-corrected chi connectivity index (χ2v) is 7.99. The van der Waals surface area contributed by atoms with Gasteiger partial charge >= 0.3 is 6.03 Å². The van der Waals surface area contributed by atoms with Gasteiger partial charge in [-0.1, -0.05) is 39.0 Å². The second kappa shape index (κ2) is 7.82. The molecule has 1 fully saturated rings. The summed E-state index contributed by atoms with van der Waals surface area (Å²) in [5.41, 5.74) is 3.17. The van der Waals surface area contributed by atoms with Crippen molar-refractivity contribution in [3.63, 3.8) is 0 Å². The Hall–Kier alpha value is -2.82. The fourth-order valence-electron chi connectivity index (χ4n) is 3.12. The quantitative estimate of drug-likeness (QED) is 0.815. The summed E-state index contributed by atoms with van der Waals surface area (Å²) < 4.78 is 0. The van der Waals surface area contributed by atoms with Crippen LogP contribution in [0.4, 0.5) is 16.2 Å². The zero-order chi connectivity index (χ0) is 19.4. The largest absolute Gasteiger partial charge is 0.325 e. The molecule has 0 spiro atoms. The lowest BCUT2D eigenvalue weighted by molar-refractivity contribution is 0.102. The van der Waals surface area contributed by atoms with E-state index in [1.807, 2.05) is 47.4 Å². The normalized spacial score (nSPS) is 14.1. The molecule has 0 saturated carbocycles. The van der Waals surface area contributed by atoms with E-state index in [9.17, 15) is 9.59 Å². The van der Waals surface area contributed by atoms with Gasteiger partial charge in [-0.05, 0) is 54.2 Å². The summed E-state index contributed by atoms with van der Waals surface area (Å²) in [5, 5.41) is 5.79. The molecule has 3 amide bonds. The molecule has 142 valence electrons. The fraction of sp³-hybridized carbons (Fsp3) is 0.364. The van der Waals surface area contributed by atoms with Crippen LogP contribution in [0, 0.1) is 0 Å². The van der Waals surface area contributed by atoms with Gasteiger partial charge in [0, 0.05) is 30.0 Å². The van der Waals surface area contributed by atoms with E-state index in [0.717, 1.165) is 25.9 Å². The van der Waals surface area contributed by atoms with Crippen LogP contribution in [0.5, 0.6) is 0 Å². The van der Waals surface area contributed by atoms with Gasteiger partial charge in [0.05, 0.1) is 0 Å². The summed E-state index contributed by atoms with van der Waals surface area (Å²) in [7, 11) is 0. The number of urea groups is 1. The van der Waals surface area contributed by atoms with Crippen molar-refractivity contribution in [2.45, 2.75) is 39.0 Å². The van der Waals surface area contributed by atoms with E-state index in [2.05, 4.69) is 31.4 Å². The third-order valence-electron chi connectivity index (χ3n) is 4.78. The molecule has 0 atom stereocenters. The van der Waals surface area contributed by atoms with E-state index in [-0.39, 0.29) is 17.4 Å². The maximum Gasteiger partial charge on any atom is 0.321 e. The summed E-state index contributed by atoms with van der Waals surface area (Å²) in [6, 6.07) is 14.8. The zero-order valence-corrected chi connectivity index (χ0v) is 16.2. The minimum absolute atomic E-state index is 0.0525. The molecule has 2 aromatic carbocycles. The molecule has 5 nitrogen and oxygen atoms in total. The molecule has 3 rings (SSSR count). The van der Waals surface area contributed by atoms with Gasteiger partial charge in [-0.25, -0.2) is 4.79 Å². The van der Waals surface area contributed by atoms with Gasteiger partial charge < -0.3 is 15.5 Å².